The molecule has 0 aromatic rings. The van der Waals surface area contributed by atoms with E-state index in [1.54, 1.807) is 0 Å². The molecular weight excluding hydrogens is 188 g/mol. The molecule has 0 bridgehead atoms. The van der Waals surface area contributed by atoms with E-state index in [0.29, 0.717) is 18.9 Å². The molecule has 0 amide bonds. The van der Waals surface area contributed by atoms with Crippen LogP contribution in [0.15, 0.2) is 12.2 Å². The molecule has 0 fully saturated rings. The maximum absolute atomic E-state index is 10.9. The summed E-state index contributed by atoms with van der Waals surface area (Å²) in [6.45, 7) is 1.54. The van der Waals surface area contributed by atoms with Gasteiger partial charge in [-0.15, -0.1) is 0 Å². The van der Waals surface area contributed by atoms with E-state index >= 15 is 0 Å². The molecule has 0 spiro atoms. The molecule has 0 saturated carbocycles. The molecule has 0 rings (SSSR count). The molecule has 78 valence electrons. The summed E-state index contributed by atoms with van der Waals surface area (Å²) in [7, 11) is 0. The van der Waals surface area contributed by atoms with E-state index in [4.69, 9.17) is 5.11 Å². The van der Waals surface area contributed by atoms with Gasteiger partial charge in [0.15, 0.2) is 5.78 Å². The third-order valence-corrected chi connectivity index (χ3v) is 1.27. The van der Waals surface area contributed by atoms with Crippen LogP contribution in [0, 0.1) is 0 Å². The maximum Gasteiger partial charge on any atom is 0.331 e. The number of ketones is 1. The highest BCUT2D eigenvalue weighted by Crippen LogP contribution is 1.91. The minimum atomic E-state index is -1.23. The Hall–Kier alpha value is -1.65. The second-order valence-corrected chi connectivity index (χ2v) is 2.57. The maximum atomic E-state index is 10.9. The van der Waals surface area contributed by atoms with Crippen molar-refractivity contribution in [1.82, 2.24) is 0 Å². The van der Waals surface area contributed by atoms with Gasteiger partial charge in [0.2, 0.25) is 0 Å². The van der Waals surface area contributed by atoms with E-state index < -0.39 is 11.9 Å². The number of carbonyl (C=O) groups is 3. The predicted molar refractivity (Wildman–Crippen MR) is 47.6 cm³/mol. The molecule has 0 radical (unpaired) electrons. The van der Waals surface area contributed by atoms with Gasteiger partial charge >= 0.3 is 11.9 Å². The van der Waals surface area contributed by atoms with E-state index in [1.807, 2.05) is 6.92 Å². The van der Waals surface area contributed by atoms with Crippen molar-refractivity contribution in [3.05, 3.63) is 12.2 Å². The predicted octanol–water partition coefficient (Wildman–Crippen LogP) is 0.540. The van der Waals surface area contributed by atoms with Crippen LogP contribution in [0.25, 0.3) is 0 Å². The van der Waals surface area contributed by atoms with Crippen LogP contribution in [0.3, 0.4) is 0 Å². The molecule has 0 aliphatic rings. The van der Waals surface area contributed by atoms with E-state index in [9.17, 15) is 14.4 Å². The van der Waals surface area contributed by atoms with Crippen LogP contribution in [0.2, 0.25) is 0 Å². The highest BCUT2D eigenvalue weighted by Gasteiger charge is 2.03. The average molecular weight is 200 g/mol. The molecule has 0 heterocycles. The quantitative estimate of drug-likeness (QED) is 0.500. The Morgan fingerprint density at radius 1 is 1.29 bits per heavy atom. The number of Topliss-reactive ketones (excluding diaryl/α,β-unsaturated/α-hetero) is 1. The van der Waals surface area contributed by atoms with Crippen molar-refractivity contribution in [2.75, 3.05) is 6.61 Å². The molecule has 0 saturated heterocycles. The lowest BCUT2D eigenvalue weighted by Gasteiger charge is -1.98. The summed E-state index contributed by atoms with van der Waals surface area (Å²) < 4.78 is 4.47. The lowest BCUT2D eigenvalue weighted by molar-refractivity contribution is -0.143. The van der Waals surface area contributed by atoms with Crippen molar-refractivity contribution in [1.29, 1.82) is 0 Å². The third-order valence-electron chi connectivity index (χ3n) is 1.27. The number of ether oxygens (including phenoxy) is 1. The molecule has 5 heteroatoms. The normalized spacial score (nSPS) is 10.1. The minimum absolute atomic E-state index is 0.176. The molecular formula is C9H12O5. The Kier molecular flexibility index (Phi) is 6.02. The highest BCUT2D eigenvalue weighted by atomic mass is 16.5. The van der Waals surface area contributed by atoms with Crippen LogP contribution in [0.4, 0.5) is 0 Å². The first-order chi connectivity index (χ1) is 6.56. The summed E-state index contributed by atoms with van der Waals surface area (Å²) in [6.07, 6.45) is 2.48. The molecule has 0 atom stereocenters. The molecule has 0 unspecified atom stereocenters. The molecule has 5 nitrogen and oxygen atoms in total. The summed E-state index contributed by atoms with van der Waals surface area (Å²) in [5.74, 6) is -2.23. The summed E-state index contributed by atoms with van der Waals surface area (Å²) in [5, 5.41) is 8.16. The number of hydrogen-bond donors (Lipinski definition) is 1. The molecule has 14 heavy (non-hydrogen) atoms. The second kappa shape index (κ2) is 6.82. The van der Waals surface area contributed by atoms with E-state index in [0.717, 1.165) is 6.08 Å². The standard InChI is InChI=1S/C9H12O5/c1-2-3-7(10)6-14-9(13)5-4-8(11)12/h4-5H,2-3,6H2,1H3,(H,11,12)/b5-4+. The van der Waals surface area contributed by atoms with Gasteiger partial charge in [-0.25, -0.2) is 9.59 Å². The molecule has 0 aliphatic heterocycles. The number of esters is 1. The van der Waals surface area contributed by atoms with Gasteiger partial charge in [-0.05, 0) is 6.42 Å². The van der Waals surface area contributed by atoms with Gasteiger partial charge in [0.05, 0.1) is 0 Å². The molecule has 1 N–H and O–H groups in total. The topological polar surface area (TPSA) is 80.7 Å². The highest BCUT2D eigenvalue weighted by molar-refractivity contribution is 5.92. The van der Waals surface area contributed by atoms with Gasteiger partial charge in [0, 0.05) is 18.6 Å². The number of carbonyl (C=O) groups excluding carboxylic acids is 2. The third kappa shape index (κ3) is 7.02. The van der Waals surface area contributed by atoms with Crippen molar-refractivity contribution >= 4 is 17.7 Å². The van der Waals surface area contributed by atoms with Gasteiger partial charge in [0.1, 0.15) is 6.61 Å². The van der Waals surface area contributed by atoms with Gasteiger partial charge in [0.25, 0.3) is 0 Å². The average Bonchev–Trinajstić information content (AvgIpc) is 2.12. The van der Waals surface area contributed by atoms with Crippen LogP contribution >= 0.6 is 0 Å². The Morgan fingerprint density at radius 2 is 1.93 bits per heavy atom. The van der Waals surface area contributed by atoms with Gasteiger partial charge in [-0.3, -0.25) is 4.79 Å². The van der Waals surface area contributed by atoms with Crippen LogP contribution in [-0.4, -0.2) is 29.4 Å². The zero-order valence-electron chi connectivity index (χ0n) is 7.86. The zero-order chi connectivity index (χ0) is 11.0. The summed E-state index contributed by atoms with van der Waals surface area (Å²) >= 11 is 0. The first-order valence-electron chi connectivity index (χ1n) is 4.15. The second-order valence-electron chi connectivity index (χ2n) is 2.57. The van der Waals surface area contributed by atoms with Crippen LogP contribution in [0.5, 0.6) is 0 Å². The van der Waals surface area contributed by atoms with E-state index in [1.165, 1.54) is 0 Å². The lowest BCUT2D eigenvalue weighted by Crippen LogP contribution is -2.11. The van der Waals surface area contributed by atoms with Crippen LogP contribution in [0.1, 0.15) is 19.8 Å². The van der Waals surface area contributed by atoms with Crippen molar-refractivity contribution in [2.24, 2.45) is 0 Å². The van der Waals surface area contributed by atoms with Crippen molar-refractivity contribution < 1.29 is 24.2 Å². The van der Waals surface area contributed by atoms with Gasteiger partial charge in [-0.1, -0.05) is 6.92 Å². The van der Waals surface area contributed by atoms with E-state index in [-0.39, 0.29) is 12.4 Å². The fourth-order valence-corrected chi connectivity index (χ4v) is 0.690. The fraction of sp³-hybridized carbons (Fsp3) is 0.444. The molecule has 0 aliphatic carbocycles. The monoisotopic (exact) mass is 200 g/mol. The van der Waals surface area contributed by atoms with Crippen LogP contribution in [-0.2, 0) is 19.1 Å². The van der Waals surface area contributed by atoms with Crippen molar-refractivity contribution in [3.8, 4) is 0 Å². The Bertz CT molecular complexity index is 254. The Labute approximate surface area is 81.4 Å². The van der Waals surface area contributed by atoms with Crippen LogP contribution < -0.4 is 0 Å². The SMILES string of the molecule is CCCC(=O)COC(=O)/C=C/C(=O)O. The number of rotatable bonds is 6. The Balaban J connectivity index is 3.74. The van der Waals surface area contributed by atoms with E-state index in [2.05, 4.69) is 4.74 Å². The zero-order valence-corrected chi connectivity index (χ0v) is 7.86. The number of aliphatic carboxylic acids is 1. The number of carboxylic acid groups (broad SMARTS) is 1. The number of carboxylic acids is 1. The minimum Gasteiger partial charge on any atom is -0.478 e. The van der Waals surface area contributed by atoms with Crippen molar-refractivity contribution in [3.63, 3.8) is 0 Å². The first-order valence-corrected chi connectivity index (χ1v) is 4.15. The molecule has 0 aromatic heterocycles. The smallest absolute Gasteiger partial charge is 0.331 e. The summed E-state index contributed by atoms with van der Waals surface area (Å²) in [5.41, 5.74) is 0. The largest absolute Gasteiger partial charge is 0.478 e. The van der Waals surface area contributed by atoms with Gasteiger partial charge in [-0.2, -0.15) is 0 Å². The molecule has 0 aromatic carbocycles. The summed E-state index contributed by atoms with van der Waals surface area (Å²) in [6, 6.07) is 0. The Morgan fingerprint density at radius 3 is 2.43 bits per heavy atom. The number of hydrogen-bond acceptors (Lipinski definition) is 4. The first kappa shape index (κ1) is 12.3. The van der Waals surface area contributed by atoms with Crippen molar-refractivity contribution in [2.45, 2.75) is 19.8 Å². The summed E-state index contributed by atoms with van der Waals surface area (Å²) in [4.78, 5) is 31.6. The lowest BCUT2D eigenvalue weighted by atomic mass is 10.2. The van der Waals surface area contributed by atoms with Gasteiger partial charge < -0.3 is 9.84 Å². The fourth-order valence-electron chi connectivity index (χ4n) is 0.690.